The molecule has 1 unspecified atom stereocenters. The van der Waals surface area contributed by atoms with E-state index in [-0.39, 0.29) is 0 Å². The van der Waals surface area contributed by atoms with Gasteiger partial charge in [0, 0.05) is 9.80 Å². The normalized spacial score (nSPS) is 13.2. The fraction of sp³-hybridized carbons (Fsp3) is 0.300. The van der Waals surface area contributed by atoms with Crippen molar-refractivity contribution >= 4 is 31.9 Å². The third-order valence-corrected chi connectivity index (χ3v) is 3.35. The summed E-state index contributed by atoms with van der Waals surface area (Å²) >= 11 is 6.19. The molecule has 0 aliphatic rings. The molecule has 1 aromatic rings. The molecule has 1 atom stereocenters. The van der Waals surface area contributed by atoms with E-state index in [4.69, 9.17) is 5.26 Å². The predicted molar refractivity (Wildman–Crippen MR) is 61.3 cm³/mol. The molecule has 0 fully saturated rings. The van der Waals surface area contributed by atoms with E-state index in [0.29, 0.717) is 15.4 Å². The summed E-state index contributed by atoms with van der Waals surface area (Å²) in [6.07, 6.45) is -4.36. The van der Waals surface area contributed by atoms with Crippen LogP contribution in [-0.4, -0.2) is 5.33 Å². The van der Waals surface area contributed by atoms with E-state index in [1.54, 1.807) is 0 Å². The summed E-state index contributed by atoms with van der Waals surface area (Å²) in [6.45, 7) is 0. The number of nitrogens with zero attached hydrogens (tertiary/aromatic N) is 1. The highest BCUT2D eigenvalue weighted by Gasteiger charge is 2.31. The molecular weight excluding hydrogens is 351 g/mol. The molecule has 16 heavy (non-hydrogen) atoms. The molecule has 0 bridgehead atoms. The average Bonchev–Trinajstić information content (AvgIpc) is 2.20. The van der Waals surface area contributed by atoms with Gasteiger partial charge in [-0.05, 0) is 17.7 Å². The molecule has 0 aromatic heterocycles. The molecule has 0 spiro atoms. The van der Waals surface area contributed by atoms with Crippen molar-refractivity contribution in [1.82, 2.24) is 0 Å². The zero-order valence-corrected chi connectivity index (χ0v) is 11.0. The molecule has 0 aliphatic heterocycles. The van der Waals surface area contributed by atoms with Gasteiger partial charge >= 0.3 is 6.18 Å². The lowest BCUT2D eigenvalue weighted by Crippen LogP contribution is -2.06. The Hall–Kier alpha value is -0.540. The van der Waals surface area contributed by atoms with Gasteiger partial charge in [-0.2, -0.15) is 18.4 Å². The summed E-state index contributed by atoms with van der Waals surface area (Å²) in [4.78, 5) is 0. The van der Waals surface area contributed by atoms with Crippen LogP contribution in [0.1, 0.15) is 17.0 Å². The van der Waals surface area contributed by atoms with E-state index in [1.807, 2.05) is 6.07 Å². The second kappa shape index (κ2) is 5.19. The van der Waals surface area contributed by atoms with Gasteiger partial charge in [-0.15, -0.1) is 0 Å². The number of alkyl halides is 4. The third-order valence-electron chi connectivity index (χ3n) is 2.01. The summed E-state index contributed by atoms with van der Waals surface area (Å²) in [5.41, 5.74) is -0.179. The number of hydrogen-bond donors (Lipinski definition) is 0. The molecule has 0 radical (unpaired) electrons. The van der Waals surface area contributed by atoms with Crippen LogP contribution in [0, 0.1) is 11.3 Å². The minimum Gasteiger partial charge on any atom is -0.198 e. The van der Waals surface area contributed by atoms with Crippen molar-refractivity contribution in [2.45, 2.75) is 12.1 Å². The number of rotatable bonds is 2. The van der Waals surface area contributed by atoms with Gasteiger partial charge in [-0.25, -0.2) is 0 Å². The van der Waals surface area contributed by atoms with Crippen molar-refractivity contribution in [1.29, 1.82) is 5.26 Å². The highest BCUT2D eigenvalue weighted by Crippen LogP contribution is 2.34. The van der Waals surface area contributed by atoms with E-state index in [2.05, 4.69) is 31.9 Å². The van der Waals surface area contributed by atoms with Gasteiger partial charge in [0.25, 0.3) is 0 Å². The van der Waals surface area contributed by atoms with Crippen LogP contribution in [-0.2, 0) is 6.18 Å². The standard InChI is InChI=1S/C10H6Br2F3N/c11-4-6(5-16)8-2-1-7(3-9(8)12)10(13,14)15/h1-3,6H,4H2. The molecule has 1 nitrogen and oxygen atoms in total. The summed E-state index contributed by atoms with van der Waals surface area (Å²) in [6, 6.07) is 5.30. The van der Waals surface area contributed by atoms with E-state index < -0.39 is 17.7 Å². The molecule has 0 amide bonds. The highest BCUT2D eigenvalue weighted by molar-refractivity contribution is 9.10. The van der Waals surface area contributed by atoms with Crippen molar-refractivity contribution in [2.24, 2.45) is 0 Å². The molecular formula is C10H6Br2F3N. The van der Waals surface area contributed by atoms with Gasteiger partial charge in [0.05, 0.1) is 17.6 Å². The first-order valence-electron chi connectivity index (χ1n) is 4.22. The van der Waals surface area contributed by atoms with E-state index in [1.165, 1.54) is 6.07 Å². The molecule has 0 aliphatic carbocycles. The molecule has 86 valence electrons. The Bertz CT molecular complexity index is 423. The lowest BCUT2D eigenvalue weighted by molar-refractivity contribution is -0.137. The van der Waals surface area contributed by atoms with Gasteiger partial charge in [0.2, 0.25) is 0 Å². The first-order valence-corrected chi connectivity index (χ1v) is 6.13. The maximum absolute atomic E-state index is 12.4. The largest absolute Gasteiger partial charge is 0.416 e. The smallest absolute Gasteiger partial charge is 0.198 e. The fourth-order valence-corrected chi connectivity index (χ4v) is 2.32. The Kier molecular flexibility index (Phi) is 4.39. The summed E-state index contributed by atoms with van der Waals surface area (Å²) < 4.78 is 37.4. The van der Waals surface area contributed by atoms with Crippen LogP contribution in [0.4, 0.5) is 13.2 Å². The summed E-state index contributed by atoms with van der Waals surface area (Å²) in [5.74, 6) is -0.461. The lowest BCUT2D eigenvalue weighted by Gasteiger charge is -2.12. The Morgan fingerprint density at radius 1 is 1.38 bits per heavy atom. The first-order chi connectivity index (χ1) is 7.40. The monoisotopic (exact) mass is 355 g/mol. The van der Waals surface area contributed by atoms with Gasteiger partial charge in [0.1, 0.15) is 0 Å². The maximum atomic E-state index is 12.4. The Labute approximate surface area is 108 Å². The fourth-order valence-electron chi connectivity index (χ4n) is 1.17. The highest BCUT2D eigenvalue weighted by atomic mass is 79.9. The van der Waals surface area contributed by atoms with Gasteiger partial charge in [0.15, 0.2) is 0 Å². The van der Waals surface area contributed by atoms with Crippen LogP contribution in [0.25, 0.3) is 0 Å². The van der Waals surface area contributed by atoms with Crippen molar-refractivity contribution in [2.75, 3.05) is 5.33 Å². The number of halogens is 5. The zero-order valence-electron chi connectivity index (χ0n) is 7.85. The van der Waals surface area contributed by atoms with Crippen LogP contribution in [0.15, 0.2) is 22.7 Å². The quantitative estimate of drug-likeness (QED) is 0.717. The average molecular weight is 357 g/mol. The molecule has 0 heterocycles. The molecule has 6 heteroatoms. The second-order valence-electron chi connectivity index (χ2n) is 3.07. The number of nitriles is 1. The van der Waals surface area contributed by atoms with E-state index in [9.17, 15) is 13.2 Å². The van der Waals surface area contributed by atoms with Crippen molar-refractivity contribution in [3.05, 3.63) is 33.8 Å². The molecule has 0 saturated heterocycles. The molecule has 0 saturated carbocycles. The van der Waals surface area contributed by atoms with Crippen LogP contribution in [0.2, 0.25) is 0 Å². The Morgan fingerprint density at radius 2 is 2.00 bits per heavy atom. The van der Waals surface area contributed by atoms with E-state index >= 15 is 0 Å². The van der Waals surface area contributed by atoms with Crippen LogP contribution < -0.4 is 0 Å². The van der Waals surface area contributed by atoms with Crippen LogP contribution in [0.5, 0.6) is 0 Å². The van der Waals surface area contributed by atoms with Gasteiger partial charge < -0.3 is 0 Å². The SMILES string of the molecule is N#CC(CBr)c1ccc(C(F)(F)F)cc1Br. The van der Waals surface area contributed by atoms with Gasteiger partial charge in [-0.3, -0.25) is 0 Å². The molecule has 0 N–H and O–H groups in total. The van der Waals surface area contributed by atoms with E-state index in [0.717, 1.165) is 12.1 Å². The predicted octanol–water partition coefficient (Wildman–Crippen LogP) is 4.47. The Balaban J connectivity index is 3.15. The molecule has 1 rings (SSSR count). The van der Waals surface area contributed by atoms with Crippen molar-refractivity contribution in [3.63, 3.8) is 0 Å². The third kappa shape index (κ3) is 2.98. The second-order valence-corrected chi connectivity index (χ2v) is 4.57. The lowest BCUT2D eigenvalue weighted by atomic mass is 10.0. The number of hydrogen-bond acceptors (Lipinski definition) is 1. The van der Waals surface area contributed by atoms with Crippen LogP contribution in [0.3, 0.4) is 0 Å². The minimum atomic E-state index is -4.36. The topological polar surface area (TPSA) is 23.8 Å². The summed E-state index contributed by atoms with van der Waals surface area (Å²) in [7, 11) is 0. The zero-order chi connectivity index (χ0) is 12.3. The Morgan fingerprint density at radius 3 is 2.38 bits per heavy atom. The van der Waals surface area contributed by atoms with Crippen molar-refractivity contribution in [3.8, 4) is 6.07 Å². The minimum absolute atomic E-state index is 0.299. The number of benzene rings is 1. The molecule has 1 aromatic carbocycles. The summed E-state index contributed by atoms with van der Waals surface area (Å²) in [5, 5.41) is 9.19. The van der Waals surface area contributed by atoms with Crippen molar-refractivity contribution < 1.29 is 13.2 Å². The van der Waals surface area contributed by atoms with Gasteiger partial charge in [-0.1, -0.05) is 37.9 Å². The first kappa shape index (κ1) is 13.5. The van der Waals surface area contributed by atoms with Crippen LogP contribution >= 0.6 is 31.9 Å². The maximum Gasteiger partial charge on any atom is 0.416 e.